The Balaban J connectivity index is 1.25. The lowest BCUT2D eigenvalue weighted by atomic mass is 9.78. The van der Waals surface area contributed by atoms with Crippen molar-refractivity contribution in [3.63, 3.8) is 0 Å². The summed E-state index contributed by atoms with van der Waals surface area (Å²) in [6.07, 6.45) is 1.06. The molecule has 1 spiro atoms. The fourth-order valence-corrected chi connectivity index (χ4v) is 17.8. The highest BCUT2D eigenvalue weighted by atomic mass is 32.2. The summed E-state index contributed by atoms with van der Waals surface area (Å²) in [5, 5.41) is 8.80. The van der Waals surface area contributed by atoms with E-state index in [2.05, 4.69) is 22.9 Å². The van der Waals surface area contributed by atoms with Gasteiger partial charge in [0.15, 0.2) is 0 Å². The molecule has 102 heavy (non-hydrogen) atoms. The smallest absolute Gasteiger partial charge is 0.347 e. The number of alkyl halides is 4. The molecule has 3 saturated heterocycles. The van der Waals surface area contributed by atoms with E-state index in [1.165, 1.54) is 88.4 Å². The van der Waals surface area contributed by atoms with Gasteiger partial charge >= 0.3 is 6.18 Å². The van der Waals surface area contributed by atoms with Crippen LogP contribution in [0.5, 0.6) is 0 Å². The number of carbonyl (C=O) groups is 12. The van der Waals surface area contributed by atoms with Gasteiger partial charge < -0.3 is 60.0 Å². The number of nitrogens with one attached hydrogen (secondary N) is 3. The van der Waals surface area contributed by atoms with Crippen molar-refractivity contribution in [3.8, 4) is 0 Å². The number of carbonyl (C=O) groups excluding carboxylic acids is 12. The number of fused-ring (bicyclic) bond motifs is 2. The van der Waals surface area contributed by atoms with Crippen molar-refractivity contribution in [3.05, 3.63) is 0 Å². The molecule has 576 valence electrons. The summed E-state index contributed by atoms with van der Waals surface area (Å²) in [7, 11) is 11.9. The van der Waals surface area contributed by atoms with Gasteiger partial charge in [-0.2, -0.15) is 13.2 Å². The predicted octanol–water partition coefficient (Wildman–Crippen LogP) is 6.02. The van der Waals surface area contributed by atoms with E-state index < -0.39 is 180 Å². The number of rotatable bonds is 11. The van der Waals surface area contributed by atoms with Gasteiger partial charge in [0.1, 0.15) is 66.1 Å². The van der Waals surface area contributed by atoms with Gasteiger partial charge in [0.2, 0.25) is 70.9 Å². The fraction of sp³-hybridized carbons (Fsp3) is 0.836. The second kappa shape index (κ2) is 36.1. The molecule has 3 unspecified atom stereocenters. The van der Waals surface area contributed by atoms with Gasteiger partial charge in [-0.25, -0.2) is 4.39 Å². The number of amides is 12. The Labute approximate surface area is 605 Å². The molecular weight excluding hydrogens is 1340 g/mol. The number of halogens is 4. The number of hydrogen-bond donors (Lipinski definition) is 3. The highest BCUT2D eigenvalue weighted by Crippen LogP contribution is 2.43. The van der Waals surface area contributed by atoms with Crippen LogP contribution in [0.3, 0.4) is 0 Å². The standard InChI is InChI=1S/C73H118F4N12O12S/c1-15-45(5)60-69(99)83(10)46(6)64(94)89-36-32-54(89)68(98)85(12)56(39-48-26-24-44(4)25-27-48)67(97)82(9)40-58(90)78-52(31-29-47-28-30-50(51(74)38-47)73(75,76)77)65(95)88-35-20-23-53(88)63(93)80-72(33-18-19-34-72)71(101)87(14)61(49-21-16-17-22-49)70(100)86(13)57(66(96)81(7)8)41-102-42-59(91)84(11)55(37-43(2)3)62(92)79-60/h43-57,60-61H,15-42H2,1-14H3,(H,78,90)(H,79,92)(H,80,93)/t44?,45-,46-,47?,48?,50?,51?,52-,53-,54-,55-,56-,57-,60-,61-/m0/s1. The maximum atomic E-state index is 15.5. The van der Waals surface area contributed by atoms with E-state index >= 15 is 28.4 Å². The van der Waals surface area contributed by atoms with Crippen LogP contribution >= 0.6 is 11.8 Å². The predicted molar refractivity (Wildman–Crippen MR) is 378 cm³/mol. The van der Waals surface area contributed by atoms with Crippen LogP contribution in [0.25, 0.3) is 0 Å². The van der Waals surface area contributed by atoms with Crippen LogP contribution < -0.4 is 16.0 Å². The minimum atomic E-state index is -4.75. The monoisotopic (exact) mass is 1460 g/mol. The van der Waals surface area contributed by atoms with Crippen molar-refractivity contribution in [2.24, 2.45) is 41.4 Å². The van der Waals surface area contributed by atoms with Crippen molar-refractivity contribution >= 4 is 82.6 Å². The van der Waals surface area contributed by atoms with Crippen LogP contribution in [0.1, 0.15) is 189 Å². The van der Waals surface area contributed by atoms with E-state index in [4.69, 9.17) is 0 Å². The van der Waals surface area contributed by atoms with Gasteiger partial charge in [0, 0.05) is 75.2 Å². The molecule has 7 fully saturated rings. The maximum absolute atomic E-state index is 15.5. The minimum Gasteiger partial charge on any atom is -0.347 e. The molecular formula is C73H118F4N12O12S. The molecule has 3 heterocycles. The Morgan fingerprint density at radius 3 is 1.84 bits per heavy atom. The SMILES string of the molecule is CC[C@H](C)[C@@H]1NC(=O)[C@H](CC(C)C)N(C)C(=O)CSC[C@@H](C(=O)N(C)C)N(C)C(=O)[C@H](C2CCCC2)N(C)C(=O)C2(CCCC2)NC(=O)[C@@H]2CCCN2C(=O)[C@H](CCC2CCC(C(F)(F)F)C(F)C2)NC(=O)CN(C)C(=O)[C@H](CC2CCC(C)CC2)N(C)C(=O)[C@@H]2CCN2C(=O)[C@H](C)N(C)C1=O. The first-order valence-electron chi connectivity index (χ1n) is 37.5. The van der Waals surface area contributed by atoms with Crippen molar-refractivity contribution in [1.29, 1.82) is 0 Å². The van der Waals surface area contributed by atoms with Crippen LogP contribution in [0.4, 0.5) is 17.6 Å². The topological polar surface area (TPSA) is 270 Å². The van der Waals surface area contributed by atoms with Gasteiger partial charge in [-0.3, -0.25) is 57.5 Å². The third-order valence-electron chi connectivity index (χ3n) is 23.8. The minimum absolute atomic E-state index is 0.00234. The summed E-state index contributed by atoms with van der Waals surface area (Å²) in [4.78, 5) is 190. The zero-order valence-corrected chi connectivity index (χ0v) is 63.8. The van der Waals surface area contributed by atoms with Crippen LogP contribution in [-0.2, 0) is 57.5 Å². The van der Waals surface area contributed by atoms with Crippen molar-refractivity contribution in [2.75, 3.05) is 87.5 Å². The number of likely N-dealkylation sites (N-methyl/N-ethyl adjacent to an activating group) is 7. The summed E-state index contributed by atoms with van der Waals surface area (Å²) in [5.41, 5.74) is -1.54. The first-order valence-corrected chi connectivity index (χ1v) is 38.7. The molecule has 12 amide bonds. The molecule has 13 atom stereocenters. The van der Waals surface area contributed by atoms with Crippen molar-refractivity contribution in [2.45, 2.75) is 261 Å². The van der Waals surface area contributed by atoms with Gasteiger partial charge in [-0.05, 0) is 132 Å². The number of thioether (sulfide) groups is 1. The molecule has 0 bridgehead atoms. The Bertz CT molecular complexity index is 3000. The van der Waals surface area contributed by atoms with E-state index in [-0.39, 0.29) is 100 Å². The molecule has 0 aromatic carbocycles. The molecule has 7 aliphatic rings. The zero-order valence-electron chi connectivity index (χ0n) is 63.0. The van der Waals surface area contributed by atoms with Crippen LogP contribution in [0.2, 0.25) is 0 Å². The third-order valence-corrected chi connectivity index (χ3v) is 24.8. The quantitative estimate of drug-likeness (QED) is 0.200. The lowest BCUT2D eigenvalue weighted by Crippen LogP contribution is -2.65. The van der Waals surface area contributed by atoms with Crippen LogP contribution in [0.15, 0.2) is 0 Å². The first-order chi connectivity index (χ1) is 47.9. The van der Waals surface area contributed by atoms with Crippen molar-refractivity contribution < 1.29 is 75.1 Å². The molecule has 4 aliphatic carbocycles. The molecule has 0 aromatic rings. The summed E-state index contributed by atoms with van der Waals surface area (Å²) in [6, 6.07) is -10.4. The van der Waals surface area contributed by atoms with E-state index in [0.29, 0.717) is 44.4 Å². The van der Waals surface area contributed by atoms with E-state index in [1.807, 2.05) is 20.8 Å². The number of nitrogens with zero attached hydrogens (tertiary/aromatic N) is 9. The van der Waals surface area contributed by atoms with Crippen LogP contribution in [-0.4, -0.2) is 275 Å². The molecule has 3 aliphatic heterocycles. The van der Waals surface area contributed by atoms with E-state index in [1.54, 1.807) is 21.0 Å². The fourth-order valence-electron chi connectivity index (χ4n) is 16.7. The average Bonchev–Trinajstić information content (AvgIpc) is 1.45. The molecule has 24 nitrogen and oxygen atoms in total. The van der Waals surface area contributed by atoms with Gasteiger partial charge in [0.25, 0.3) is 0 Å². The Morgan fingerprint density at radius 1 is 0.637 bits per heavy atom. The zero-order chi connectivity index (χ0) is 75.6. The highest BCUT2D eigenvalue weighted by molar-refractivity contribution is 8.00. The lowest BCUT2D eigenvalue weighted by Gasteiger charge is -2.45. The number of hydrogen-bond acceptors (Lipinski definition) is 13. The molecule has 3 N–H and O–H groups in total. The van der Waals surface area contributed by atoms with E-state index in [0.717, 1.165) is 55.2 Å². The lowest BCUT2D eigenvalue weighted by molar-refractivity contribution is -0.201. The first kappa shape index (κ1) is 83.0. The third kappa shape index (κ3) is 19.8. The van der Waals surface area contributed by atoms with Gasteiger partial charge in [-0.15, -0.1) is 11.8 Å². The molecule has 0 radical (unpaired) electrons. The van der Waals surface area contributed by atoms with Gasteiger partial charge in [-0.1, -0.05) is 92.4 Å². The van der Waals surface area contributed by atoms with Gasteiger partial charge in [0.05, 0.1) is 18.2 Å². The largest absolute Gasteiger partial charge is 0.394 e. The van der Waals surface area contributed by atoms with E-state index in [9.17, 15) is 46.7 Å². The molecule has 29 heteroatoms. The average molecular weight is 1460 g/mol. The normalized spacial score (nSPS) is 32.1. The van der Waals surface area contributed by atoms with Crippen molar-refractivity contribution in [1.82, 2.24) is 60.0 Å². The molecule has 7 rings (SSSR count). The molecule has 4 saturated carbocycles. The summed E-state index contributed by atoms with van der Waals surface area (Å²) >= 11 is 1.09. The Hall–Kier alpha value is -6.29. The second-order valence-corrected chi connectivity index (χ2v) is 32.7. The summed E-state index contributed by atoms with van der Waals surface area (Å²) in [6.45, 7) is 10.7. The molecule has 0 aromatic heterocycles. The maximum Gasteiger partial charge on any atom is 0.394 e. The Morgan fingerprint density at radius 2 is 1.26 bits per heavy atom. The summed E-state index contributed by atoms with van der Waals surface area (Å²) < 4.78 is 57.0. The second-order valence-electron chi connectivity index (χ2n) is 31.6. The van der Waals surface area contributed by atoms with Crippen LogP contribution in [0, 0.1) is 41.4 Å². The summed E-state index contributed by atoms with van der Waals surface area (Å²) in [5.74, 6) is -10.5. The Kier molecular flexibility index (Phi) is 29.4. The highest BCUT2D eigenvalue weighted by Gasteiger charge is 2.53.